The van der Waals surface area contributed by atoms with E-state index in [9.17, 15) is 0 Å². The third-order valence-corrected chi connectivity index (χ3v) is 1.81. The summed E-state index contributed by atoms with van der Waals surface area (Å²) in [5.41, 5.74) is 6.48. The first-order chi connectivity index (χ1) is 5.24. The first-order valence-electron chi connectivity index (χ1n) is 3.23. The van der Waals surface area contributed by atoms with Crippen molar-refractivity contribution < 1.29 is 0 Å². The number of aromatic nitrogens is 1. The van der Waals surface area contributed by atoms with E-state index in [-0.39, 0.29) is 6.04 Å². The van der Waals surface area contributed by atoms with Crippen LogP contribution in [-0.4, -0.2) is 4.98 Å². The molecule has 2 N–H and O–H groups in total. The van der Waals surface area contributed by atoms with Crippen molar-refractivity contribution in [3.8, 4) is 0 Å². The van der Waals surface area contributed by atoms with Gasteiger partial charge in [-0.25, -0.2) is 0 Å². The minimum absolute atomic E-state index is 0.164. The van der Waals surface area contributed by atoms with Crippen LogP contribution in [0.25, 0.3) is 0 Å². The molecule has 1 atom stereocenters. The summed E-state index contributed by atoms with van der Waals surface area (Å²) in [6.45, 7) is 3.58. The third-order valence-electron chi connectivity index (χ3n) is 1.35. The molecular formula is C8H9BrN2. The molecule has 0 saturated carbocycles. The Morgan fingerprint density at radius 1 is 1.64 bits per heavy atom. The summed E-state index contributed by atoms with van der Waals surface area (Å²) in [5, 5.41) is 0. The summed E-state index contributed by atoms with van der Waals surface area (Å²) >= 11 is 3.29. The highest BCUT2D eigenvalue weighted by molar-refractivity contribution is 9.10. The van der Waals surface area contributed by atoms with E-state index in [2.05, 4.69) is 27.5 Å². The van der Waals surface area contributed by atoms with Gasteiger partial charge in [0.2, 0.25) is 0 Å². The van der Waals surface area contributed by atoms with Gasteiger partial charge in [-0.3, -0.25) is 4.98 Å². The number of pyridine rings is 1. The number of nitrogens with two attached hydrogens (primary N) is 1. The van der Waals surface area contributed by atoms with Crippen LogP contribution < -0.4 is 5.73 Å². The fraction of sp³-hybridized carbons (Fsp3) is 0.125. The molecule has 0 amide bonds. The first kappa shape index (κ1) is 8.43. The van der Waals surface area contributed by atoms with Crippen molar-refractivity contribution in [2.75, 3.05) is 0 Å². The van der Waals surface area contributed by atoms with Crippen LogP contribution in [0.15, 0.2) is 35.5 Å². The summed E-state index contributed by atoms with van der Waals surface area (Å²) in [4.78, 5) is 4.11. The summed E-state index contributed by atoms with van der Waals surface area (Å²) in [7, 11) is 0. The van der Waals surface area contributed by atoms with Crippen LogP contribution in [0.1, 0.15) is 11.7 Å². The van der Waals surface area contributed by atoms with Crippen LogP contribution in [0.5, 0.6) is 0 Å². The Morgan fingerprint density at radius 3 is 2.82 bits per heavy atom. The maximum absolute atomic E-state index is 5.65. The molecule has 0 aromatic carbocycles. The maximum Gasteiger partial charge on any atom is 0.0653 e. The minimum atomic E-state index is -0.164. The van der Waals surface area contributed by atoms with Crippen LogP contribution in [-0.2, 0) is 0 Å². The largest absolute Gasteiger partial charge is 0.319 e. The van der Waals surface area contributed by atoms with Gasteiger partial charge in [0.15, 0.2) is 0 Å². The van der Waals surface area contributed by atoms with Gasteiger partial charge in [-0.1, -0.05) is 6.08 Å². The van der Waals surface area contributed by atoms with Gasteiger partial charge in [0.25, 0.3) is 0 Å². The zero-order chi connectivity index (χ0) is 8.27. The first-order valence-corrected chi connectivity index (χ1v) is 4.03. The normalized spacial score (nSPS) is 12.5. The molecule has 0 unspecified atom stereocenters. The number of halogens is 1. The van der Waals surface area contributed by atoms with E-state index in [1.54, 1.807) is 12.3 Å². The molecule has 0 saturated heterocycles. The highest BCUT2D eigenvalue weighted by atomic mass is 79.9. The van der Waals surface area contributed by atoms with E-state index in [4.69, 9.17) is 5.73 Å². The quantitative estimate of drug-likeness (QED) is 0.763. The summed E-state index contributed by atoms with van der Waals surface area (Å²) in [6, 6.07) is 3.62. The average molecular weight is 213 g/mol. The van der Waals surface area contributed by atoms with Crippen LogP contribution in [0.2, 0.25) is 0 Å². The summed E-state index contributed by atoms with van der Waals surface area (Å²) in [6.07, 6.45) is 3.38. The topological polar surface area (TPSA) is 38.9 Å². The van der Waals surface area contributed by atoms with E-state index >= 15 is 0 Å². The monoisotopic (exact) mass is 212 g/mol. The van der Waals surface area contributed by atoms with Crippen molar-refractivity contribution in [1.82, 2.24) is 4.98 Å². The van der Waals surface area contributed by atoms with Gasteiger partial charge in [0, 0.05) is 10.7 Å². The fourth-order valence-corrected chi connectivity index (χ4v) is 0.940. The molecule has 11 heavy (non-hydrogen) atoms. The summed E-state index contributed by atoms with van der Waals surface area (Å²) in [5.74, 6) is 0. The molecule has 0 spiro atoms. The maximum atomic E-state index is 5.65. The molecule has 2 nitrogen and oxygen atoms in total. The predicted octanol–water partition coefficient (Wildman–Crippen LogP) is 2.03. The Morgan fingerprint density at radius 2 is 2.36 bits per heavy atom. The second-order valence-electron chi connectivity index (χ2n) is 2.16. The zero-order valence-corrected chi connectivity index (χ0v) is 7.58. The van der Waals surface area contributed by atoms with Crippen LogP contribution in [0, 0.1) is 0 Å². The molecule has 0 aliphatic heterocycles. The van der Waals surface area contributed by atoms with Gasteiger partial charge in [-0.2, -0.15) is 0 Å². The molecule has 0 fully saturated rings. The molecule has 0 aliphatic rings. The van der Waals surface area contributed by atoms with Crippen LogP contribution in [0.3, 0.4) is 0 Å². The van der Waals surface area contributed by atoms with Crippen molar-refractivity contribution in [1.29, 1.82) is 0 Å². The molecule has 3 heteroatoms. The molecule has 1 aromatic heterocycles. The molecule has 0 radical (unpaired) electrons. The Kier molecular flexibility index (Phi) is 2.79. The summed E-state index contributed by atoms with van der Waals surface area (Å²) < 4.78 is 0.956. The van der Waals surface area contributed by atoms with Crippen molar-refractivity contribution in [3.63, 3.8) is 0 Å². The number of hydrogen-bond donors (Lipinski definition) is 1. The van der Waals surface area contributed by atoms with Crippen molar-refractivity contribution in [2.24, 2.45) is 5.73 Å². The van der Waals surface area contributed by atoms with Gasteiger partial charge < -0.3 is 5.73 Å². The Bertz CT molecular complexity index is 243. The van der Waals surface area contributed by atoms with Crippen molar-refractivity contribution in [3.05, 3.63) is 41.2 Å². The SMILES string of the molecule is C=C[C@@H](N)c1ccc(Br)cn1. The Hall–Kier alpha value is -0.670. The van der Waals surface area contributed by atoms with Gasteiger partial charge >= 0.3 is 0 Å². The average Bonchev–Trinajstić information content (AvgIpc) is 2.05. The number of hydrogen-bond acceptors (Lipinski definition) is 2. The second-order valence-corrected chi connectivity index (χ2v) is 3.08. The van der Waals surface area contributed by atoms with E-state index in [0.717, 1.165) is 10.2 Å². The highest BCUT2D eigenvalue weighted by Gasteiger charge is 2.00. The number of rotatable bonds is 2. The molecule has 0 aliphatic carbocycles. The van der Waals surface area contributed by atoms with E-state index < -0.39 is 0 Å². The van der Waals surface area contributed by atoms with Gasteiger partial charge in [0.05, 0.1) is 11.7 Å². The van der Waals surface area contributed by atoms with E-state index in [0.29, 0.717) is 0 Å². The lowest BCUT2D eigenvalue weighted by Crippen LogP contribution is -2.07. The van der Waals surface area contributed by atoms with Gasteiger partial charge in [-0.15, -0.1) is 6.58 Å². The third kappa shape index (κ3) is 2.13. The van der Waals surface area contributed by atoms with Crippen LogP contribution >= 0.6 is 15.9 Å². The molecule has 1 rings (SSSR count). The second kappa shape index (κ2) is 3.64. The Labute approximate surface area is 74.3 Å². The predicted molar refractivity (Wildman–Crippen MR) is 49.1 cm³/mol. The zero-order valence-electron chi connectivity index (χ0n) is 6.00. The Balaban J connectivity index is 2.89. The minimum Gasteiger partial charge on any atom is -0.319 e. The van der Waals surface area contributed by atoms with E-state index in [1.165, 1.54) is 0 Å². The van der Waals surface area contributed by atoms with Gasteiger partial charge in [-0.05, 0) is 28.1 Å². The lowest BCUT2D eigenvalue weighted by molar-refractivity contribution is 0.863. The van der Waals surface area contributed by atoms with Crippen molar-refractivity contribution in [2.45, 2.75) is 6.04 Å². The molecular weight excluding hydrogens is 204 g/mol. The molecule has 0 bridgehead atoms. The van der Waals surface area contributed by atoms with Gasteiger partial charge in [0.1, 0.15) is 0 Å². The highest BCUT2D eigenvalue weighted by Crippen LogP contribution is 2.11. The lowest BCUT2D eigenvalue weighted by atomic mass is 10.2. The van der Waals surface area contributed by atoms with Crippen molar-refractivity contribution >= 4 is 15.9 Å². The number of nitrogens with zero attached hydrogens (tertiary/aromatic N) is 1. The molecule has 1 aromatic rings. The smallest absolute Gasteiger partial charge is 0.0653 e. The fourth-order valence-electron chi connectivity index (χ4n) is 0.705. The standard InChI is InChI=1S/C8H9BrN2/c1-2-7(10)8-4-3-6(9)5-11-8/h2-5,7H,1,10H2/t7-/m1/s1. The molecule has 1 heterocycles. The molecule has 58 valence electrons. The van der Waals surface area contributed by atoms with Crippen LogP contribution in [0.4, 0.5) is 0 Å². The van der Waals surface area contributed by atoms with E-state index in [1.807, 2.05) is 12.1 Å². The lowest BCUT2D eigenvalue weighted by Gasteiger charge is -2.03.